The zero-order chi connectivity index (χ0) is 56.2. The van der Waals surface area contributed by atoms with Crippen LogP contribution >= 0.6 is 0 Å². The van der Waals surface area contributed by atoms with Crippen molar-refractivity contribution >= 4 is 80.0 Å². The van der Waals surface area contributed by atoms with Crippen LogP contribution in [0.4, 0.5) is 34.1 Å². The Balaban J connectivity index is 0.671. The molecule has 0 unspecified atom stereocenters. The van der Waals surface area contributed by atoms with Gasteiger partial charge in [-0.3, -0.25) is 0 Å². The molecular weight excluding hydrogens is 1000 g/mol. The number of benzene rings is 12. The highest BCUT2D eigenvalue weighted by Crippen LogP contribution is 2.54. The molecule has 0 bridgehead atoms. The first-order valence-corrected chi connectivity index (χ1v) is 29.3. The summed E-state index contributed by atoms with van der Waals surface area (Å²) in [6, 6.07) is 94.5. The molecule has 0 aromatic heterocycles. The summed E-state index contributed by atoms with van der Waals surface area (Å²) in [6.07, 6.45) is 9.19. The van der Waals surface area contributed by atoms with Crippen molar-refractivity contribution in [3.63, 3.8) is 0 Å². The number of rotatable bonds is 10. The maximum atomic E-state index is 2.43. The summed E-state index contributed by atoms with van der Waals surface area (Å²) in [6.45, 7) is 14.3. The average molecular weight is 1070 g/mol. The van der Waals surface area contributed by atoms with Crippen LogP contribution in [-0.2, 0) is 16.2 Å². The van der Waals surface area contributed by atoms with Crippen LogP contribution in [0.1, 0.15) is 97.2 Å². The quantitative estimate of drug-likeness (QED) is 0.126. The van der Waals surface area contributed by atoms with Gasteiger partial charge in [0, 0.05) is 49.8 Å². The maximum Gasteiger partial charge on any atom is 0.0540 e. The number of para-hydroxylation sites is 2. The molecule has 15 rings (SSSR count). The first-order chi connectivity index (χ1) is 40.4. The molecule has 0 N–H and O–H groups in total. The van der Waals surface area contributed by atoms with E-state index >= 15 is 0 Å². The molecule has 398 valence electrons. The van der Waals surface area contributed by atoms with Crippen LogP contribution in [0.15, 0.2) is 255 Å². The van der Waals surface area contributed by atoms with Gasteiger partial charge in [-0.25, -0.2) is 0 Å². The van der Waals surface area contributed by atoms with Crippen LogP contribution < -0.4 is 9.80 Å². The van der Waals surface area contributed by atoms with E-state index in [0.29, 0.717) is 0 Å². The smallest absolute Gasteiger partial charge is 0.0540 e. The minimum atomic E-state index is -0.190. The standard InChI is InChI=1S/C81H64N2/c1-79(2)71-47-53(31-33-55-37-43-67-69-45-39-61(51-75(69)80(3,4)73(67)49-55)82(59-23-9-7-10-24-59)77-29-17-21-57-19-13-15-27-63(57)77)35-41-65(71)66-42-36-54(48-72(66)79)32-34-56-38-44-68-70-46-40-62(52-76(70)81(5,6)74(68)50-56)83(60-25-11-8-12-26-60)78-30-18-22-58-20-14-16-28-64(58)78/h7-52H,1-6H3. The van der Waals surface area contributed by atoms with Crippen LogP contribution in [-0.4, -0.2) is 0 Å². The van der Waals surface area contributed by atoms with E-state index in [1.165, 1.54) is 122 Å². The molecule has 0 saturated carbocycles. The molecule has 0 aliphatic heterocycles. The van der Waals surface area contributed by atoms with Crippen molar-refractivity contribution in [3.05, 3.63) is 310 Å². The molecule has 0 radical (unpaired) electrons. The zero-order valence-corrected chi connectivity index (χ0v) is 48.0. The lowest BCUT2D eigenvalue weighted by atomic mass is 9.81. The van der Waals surface area contributed by atoms with E-state index in [2.05, 4.69) is 330 Å². The van der Waals surface area contributed by atoms with Crippen molar-refractivity contribution in [2.75, 3.05) is 9.80 Å². The van der Waals surface area contributed by atoms with Crippen LogP contribution in [0, 0.1) is 0 Å². The lowest BCUT2D eigenvalue weighted by Crippen LogP contribution is -2.16. The topological polar surface area (TPSA) is 6.48 Å². The van der Waals surface area contributed by atoms with Crippen molar-refractivity contribution in [2.45, 2.75) is 57.8 Å². The average Bonchev–Trinajstić information content (AvgIpc) is 4.07. The lowest BCUT2D eigenvalue weighted by molar-refractivity contribution is 0.660. The fourth-order valence-electron chi connectivity index (χ4n) is 14.2. The van der Waals surface area contributed by atoms with Gasteiger partial charge < -0.3 is 9.80 Å². The minimum Gasteiger partial charge on any atom is -0.310 e. The second-order valence-electron chi connectivity index (χ2n) is 24.6. The van der Waals surface area contributed by atoms with Gasteiger partial charge in [-0.05, 0) is 160 Å². The van der Waals surface area contributed by atoms with Crippen LogP contribution in [0.5, 0.6) is 0 Å². The Morgan fingerprint density at radius 2 is 0.518 bits per heavy atom. The van der Waals surface area contributed by atoms with E-state index in [1.54, 1.807) is 0 Å². The molecule has 0 atom stereocenters. The Hall–Kier alpha value is -9.76. The lowest BCUT2D eigenvalue weighted by Gasteiger charge is -2.29. The van der Waals surface area contributed by atoms with Gasteiger partial charge in [0.15, 0.2) is 0 Å². The SMILES string of the molecule is CC1(C)c2cc(C=Cc3ccc4c(c3)C(C)(C)c3cc(N(c5ccccc5)c5cccc6ccccc56)ccc3-4)ccc2-c2ccc(C=Cc3ccc4c(c3)C(C)(C)c3cc(N(c5ccccc5)c5cccc6ccccc56)ccc3-4)cc21. The molecule has 12 aromatic carbocycles. The van der Waals surface area contributed by atoms with E-state index in [1.807, 2.05) is 0 Å². The first kappa shape index (κ1) is 50.2. The van der Waals surface area contributed by atoms with Gasteiger partial charge in [-0.2, -0.15) is 0 Å². The molecular formula is C81H64N2. The van der Waals surface area contributed by atoms with Crippen molar-refractivity contribution in [1.82, 2.24) is 0 Å². The first-order valence-electron chi connectivity index (χ1n) is 29.3. The number of hydrogen-bond acceptors (Lipinski definition) is 2. The van der Waals surface area contributed by atoms with E-state index in [9.17, 15) is 0 Å². The second-order valence-corrected chi connectivity index (χ2v) is 24.6. The summed E-state index contributed by atoms with van der Waals surface area (Å²) in [5.41, 5.74) is 27.3. The fraction of sp³-hybridized carbons (Fsp3) is 0.111. The van der Waals surface area contributed by atoms with Crippen LogP contribution in [0.25, 0.3) is 79.2 Å². The molecule has 0 spiro atoms. The predicted molar refractivity (Wildman–Crippen MR) is 354 cm³/mol. The summed E-state index contributed by atoms with van der Waals surface area (Å²) in [5.74, 6) is 0. The van der Waals surface area contributed by atoms with Gasteiger partial charge in [-0.15, -0.1) is 0 Å². The molecule has 0 heterocycles. The van der Waals surface area contributed by atoms with Crippen molar-refractivity contribution in [3.8, 4) is 33.4 Å². The zero-order valence-electron chi connectivity index (χ0n) is 48.0. The van der Waals surface area contributed by atoms with Crippen LogP contribution in [0.3, 0.4) is 0 Å². The third-order valence-corrected chi connectivity index (χ3v) is 18.6. The number of fused-ring (bicyclic) bond motifs is 11. The molecule has 3 aliphatic carbocycles. The molecule has 12 aromatic rings. The molecule has 83 heavy (non-hydrogen) atoms. The number of anilines is 6. The Labute approximate surface area is 488 Å². The van der Waals surface area contributed by atoms with Crippen molar-refractivity contribution in [2.24, 2.45) is 0 Å². The highest BCUT2D eigenvalue weighted by molar-refractivity contribution is 6.01. The van der Waals surface area contributed by atoms with Gasteiger partial charge in [-0.1, -0.05) is 260 Å². The number of hydrogen-bond donors (Lipinski definition) is 0. The minimum absolute atomic E-state index is 0.157. The Bertz CT molecular complexity index is 4340. The monoisotopic (exact) mass is 1060 g/mol. The Morgan fingerprint density at radius 1 is 0.241 bits per heavy atom. The fourth-order valence-corrected chi connectivity index (χ4v) is 14.2. The van der Waals surface area contributed by atoms with E-state index in [-0.39, 0.29) is 16.2 Å². The van der Waals surface area contributed by atoms with E-state index < -0.39 is 0 Å². The summed E-state index contributed by atoms with van der Waals surface area (Å²) < 4.78 is 0. The van der Waals surface area contributed by atoms with Crippen LogP contribution in [0.2, 0.25) is 0 Å². The van der Waals surface area contributed by atoms with E-state index in [4.69, 9.17) is 0 Å². The van der Waals surface area contributed by atoms with Crippen molar-refractivity contribution in [1.29, 1.82) is 0 Å². The van der Waals surface area contributed by atoms with Gasteiger partial charge in [0.25, 0.3) is 0 Å². The highest BCUT2D eigenvalue weighted by atomic mass is 15.1. The summed E-state index contributed by atoms with van der Waals surface area (Å²) in [5, 5.41) is 4.93. The van der Waals surface area contributed by atoms with Gasteiger partial charge in [0.1, 0.15) is 0 Å². The van der Waals surface area contributed by atoms with Gasteiger partial charge >= 0.3 is 0 Å². The third kappa shape index (κ3) is 8.22. The molecule has 0 fully saturated rings. The largest absolute Gasteiger partial charge is 0.310 e. The molecule has 2 heteroatoms. The molecule has 0 amide bonds. The van der Waals surface area contributed by atoms with E-state index in [0.717, 1.165) is 22.7 Å². The van der Waals surface area contributed by atoms with Crippen molar-refractivity contribution < 1.29 is 0 Å². The normalized spacial score (nSPS) is 14.6. The van der Waals surface area contributed by atoms with Gasteiger partial charge in [0.2, 0.25) is 0 Å². The maximum absolute atomic E-state index is 2.43. The molecule has 3 aliphatic rings. The Kier molecular flexibility index (Phi) is 11.6. The molecule has 2 nitrogen and oxygen atoms in total. The summed E-state index contributed by atoms with van der Waals surface area (Å²) >= 11 is 0. The highest BCUT2D eigenvalue weighted by Gasteiger charge is 2.39. The van der Waals surface area contributed by atoms with Gasteiger partial charge in [0.05, 0.1) is 11.4 Å². The summed E-state index contributed by atoms with van der Waals surface area (Å²) in [4.78, 5) is 4.83. The Morgan fingerprint density at radius 3 is 0.855 bits per heavy atom. The predicted octanol–water partition coefficient (Wildman–Crippen LogP) is 22.2. The third-order valence-electron chi connectivity index (χ3n) is 18.6. The summed E-state index contributed by atoms with van der Waals surface area (Å²) in [7, 11) is 0. The number of nitrogens with zero attached hydrogens (tertiary/aromatic N) is 2. The second kappa shape index (κ2) is 19.2. The molecule has 0 saturated heterocycles.